The molecule has 0 unspecified atom stereocenters. The van der Waals surface area contributed by atoms with Gasteiger partial charge in [-0.05, 0) is 42.8 Å². The molecule has 1 aromatic heterocycles. The Morgan fingerprint density at radius 1 is 1.09 bits per heavy atom. The zero-order valence-corrected chi connectivity index (χ0v) is 13.1. The van der Waals surface area contributed by atoms with Crippen LogP contribution in [-0.4, -0.2) is 23.9 Å². The first-order chi connectivity index (χ1) is 11.1. The van der Waals surface area contributed by atoms with Crippen LogP contribution in [0, 0.1) is 0 Å². The van der Waals surface area contributed by atoms with Gasteiger partial charge in [0.1, 0.15) is 11.6 Å². The molecule has 1 aromatic carbocycles. The maximum atomic E-state index is 12.1. The molecule has 0 fully saturated rings. The van der Waals surface area contributed by atoms with Gasteiger partial charge in [0, 0.05) is 12.0 Å². The van der Waals surface area contributed by atoms with E-state index in [2.05, 4.69) is 15.6 Å². The predicted molar refractivity (Wildman–Crippen MR) is 88.7 cm³/mol. The number of ether oxygens (including phenoxy) is 1. The van der Waals surface area contributed by atoms with Gasteiger partial charge in [0.25, 0.3) is 5.91 Å². The molecule has 2 rings (SSSR count). The number of hydrogen-bond donors (Lipinski definition) is 2. The van der Waals surface area contributed by atoms with E-state index < -0.39 is 0 Å². The van der Waals surface area contributed by atoms with Gasteiger partial charge < -0.3 is 15.4 Å². The number of methoxy groups -OCH3 is 1. The number of carbonyl (C=O) groups is 2. The Morgan fingerprint density at radius 3 is 2.39 bits per heavy atom. The molecule has 120 valence electrons. The SMILES string of the molecule is CCCC(=O)Nc1ccc(NC(=O)c2ccc(OC)cc2)nc1. The maximum Gasteiger partial charge on any atom is 0.256 e. The molecule has 2 N–H and O–H groups in total. The lowest BCUT2D eigenvalue weighted by atomic mass is 10.2. The number of carbonyl (C=O) groups excluding carboxylic acids is 2. The lowest BCUT2D eigenvalue weighted by Crippen LogP contribution is -2.14. The molecule has 0 spiro atoms. The number of anilines is 2. The molecule has 0 aliphatic rings. The summed E-state index contributed by atoms with van der Waals surface area (Å²) >= 11 is 0. The minimum Gasteiger partial charge on any atom is -0.497 e. The Bertz CT molecular complexity index is 666. The number of benzene rings is 1. The van der Waals surface area contributed by atoms with E-state index in [9.17, 15) is 9.59 Å². The van der Waals surface area contributed by atoms with Crippen molar-refractivity contribution in [3.63, 3.8) is 0 Å². The molecular formula is C17H19N3O3. The van der Waals surface area contributed by atoms with E-state index in [0.717, 1.165) is 6.42 Å². The summed E-state index contributed by atoms with van der Waals surface area (Å²) in [6.07, 6.45) is 2.77. The molecule has 0 aliphatic carbocycles. The standard InChI is InChI=1S/C17H19N3O3/c1-3-4-16(21)19-13-7-10-15(18-11-13)20-17(22)12-5-8-14(23-2)9-6-12/h5-11H,3-4H2,1-2H3,(H,19,21)(H,18,20,22). The molecular weight excluding hydrogens is 294 g/mol. The van der Waals surface area contributed by atoms with Crippen molar-refractivity contribution < 1.29 is 14.3 Å². The third-order valence-corrected chi connectivity index (χ3v) is 3.12. The van der Waals surface area contributed by atoms with Crippen molar-refractivity contribution in [3.8, 4) is 5.75 Å². The summed E-state index contributed by atoms with van der Waals surface area (Å²) < 4.78 is 5.05. The summed E-state index contributed by atoms with van der Waals surface area (Å²) in [5, 5.41) is 5.44. The fourth-order valence-corrected chi connectivity index (χ4v) is 1.92. The first-order valence-electron chi connectivity index (χ1n) is 7.33. The number of rotatable bonds is 6. The van der Waals surface area contributed by atoms with Crippen LogP contribution in [0.25, 0.3) is 0 Å². The van der Waals surface area contributed by atoms with Crippen LogP contribution in [0.4, 0.5) is 11.5 Å². The number of aromatic nitrogens is 1. The van der Waals surface area contributed by atoms with Gasteiger partial charge in [-0.25, -0.2) is 4.98 Å². The lowest BCUT2D eigenvalue weighted by Gasteiger charge is -2.07. The van der Waals surface area contributed by atoms with Gasteiger partial charge in [0.2, 0.25) is 5.91 Å². The minimum atomic E-state index is -0.261. The van der Waals surface area contributed by atoms with Crippen LogP contribution in [-0.2, 0) is 4.79 Å². The largest absolute Gasteiger partial charge is 0.497 e. The van der Waals surface area contributed by atoms with E-state index >= 15 is 0 Å². The monoisotopic (exact) mass is 313 g/mol. The topological polar surface area (TPSA) is 80.3 Å². The summed E-state index contributed by atoms with van der Waals surface area (Å²) in [5.74, 6) is 0.790. The highest BCUT2D eigenvalue weighted by atomic mass is 16.5. The molecule has 0 saturated heterocycles. The van der Waals surface area contributed by atoms with E-state index in [1.807, 2.05) is 6.92 Å². The molecule has 0 aliphatic heterocycles. The van der Waals surface area contributed by atoms with Crippen molar-refractivity contribution in [2.24, 2.45) is 0 Å². The second-order valence-electron chi connectivity index (χ2n) is 4.91. The molecule has 2 aromatic rings. The van der Waals surface area contributed by atoms with E-state index in [-0.39, 0.29) is 11.8 Å². The Kier molecular flexibility index (Phi) is 5.68. The number of amides is 2. The van der Waals surface area contributed by atoms with Gasteiger partial charge in [-0.15, -0.1) is 0 Å². The summed E-state index contributed by atoms with van der Waals surface area (Å²) in [6, 6.07) is 10.1. The summed E-state index contributed by atoms with van der Waals surface area (Å²) in [6.45, 7) is 1.94. The van der Waals surface area contributed by atoms with E-state index in [4.69, 9.17) is 4.74 Å². The third-order valence-electron chi connectivity index (χ3n) is 3.12. The molecule has 6 heteroatoms. The first kappa shape index (κ1) is 16.5. The summed E-state index contributed by atoms with van der Waals surface area (Å²) in [4.78, 5) is 27.7. The van der Waals surface area contributed by atoms with Crippen LogP contribution in [0.1, 0.15) is 30.1 Å². The molecule has 0 bridgehead atoms. The zero-order valence-electron chi connectivity index (χ0n) is 13.1. The van der Waals surface area contributed by atoms with Gasteiger partial charge in [-0.1, -0.05) is 6.92 Å². The number of pyridine rings is 1. The molecule has 1 heterocycles. The third kappa shape index (κ3) is 4.81. The number of hydrogen-bond acceptors (Lipinski definition) is 4. The Labute approximate surface area is 134 Å². The summed E-state index contributed by atoms with van der Waals surface area (Å²) in [7, 11) is 1.57. The van der Waals surface area contributed by atoms with Crippen LogP contribution in [0.3, 0.4) is 0 Å². The van der Waals surface area contributed by atoms with Gasteiger partial charge in [-0.2, -0.15) is 0 Å². The Balaban J connectivity index is 1.96. The summed E-state index contributed by atoms with van der Waals surface area (Å²) in [5.41, 5.74) is 1.11. The van der Waals surface area contributed by atoms with E-state index in [1.54, 1.807) is 43.5 Å². The molecule has 23 heavy (non-hydrogen) atoms. The molecule has 0 saturated carbocycles. The molecule has 0 atom stereocenters. The van der Waals surface area contributed by atoms with Crippen LogP contribution < -0.4 is 15.4 Å². The molecule has 0 radical (unpaired) electrons. The van der Waals surface area contributed by atoms with Crippen LogP contribution in [0.15, 0.2) is 42.6 Å². The fourth-order valence-electron chi connectivity index (χ4n) is 1.92. The normalized spacial score (nSPS) is 10.0. The van der Waals surface area contributed by atoms with Crippen LogP contribution in [0.5, 0.6) is 5.75 Å². The second-order valence-corrected chi connectivity index (χ2v) is 4.91. The predicted octanol–water partition coefficient (Wildman–Crippen LogP) is 3.08. The highest BCUT2D eigenvalue weighted by Crippen LogP contribution is 2.14. The second kappa shape index (κ2) is 7.93. The smallest absolute Gasteiger partial charge is 0.256 e. The van der Waals surface area contributed by atoms with Crippen molar-refractivity contribution in [1.82, 2.24) is 4.98 Å². The van der Waals surface area contributed by atoms with Crippen LogP contribution >= 0.6 is 0 Å². The van der Waals surface area contributed by atoms with E-state index in [1.165, 1.54) is 6.20 Å². The van der Waals surface area contributed by atoms with Gasteiger partial charge >= 0.3 is 0 Å². The lowest BCUT2D eigenvalue weighted by molar-refractivity contribution is -0.116. The molecule has 6 nitrogen and oxygen atoms in total. The number of nitrogens with one attached hydrogen (secondary N) is 2. The van der Waals surface area contributed by atoms with Crippen LogP contribution in [0.2, 0.25) is 0 Å². The van der Waals surface area contributed by atoms with Gasteiger partial charge in [-0.3, -0.25) is 9.59 Å². The highest BCUT2D eigenvalue weighted by Gasteiger charge is 2.07. The highest BCUT2D eigenvalue weighted by molar-refractivity contribution is 6.03. The Morgan fingerprint density at radius 2 is 1.83 bits per heavy atom. The fraction of sp³-hybridized carbons (Fsp3) is 0.235. The zero-order chi connectivity index (χ0) is 16.7. The maximum absolute atomic E-state index is 12.1. The average molecular weight is 313 g/mol. The van der Waals surface area contributed by atoms with Gasteiger partial charge in [0.15, 0.2) is 0 Å². The average Bonchev–Trinajstić information content (AvgIpc) is 2.57. The minimum absolute atomic E-state index is 0.0516. The molecule has 2 amide bonds. The quantitative estimate of drug-likeness (QED) is 0.859. The van der Waals surface area contributed by atoms with Crippen molar-refractivity contribution >= 4 is 23.3 Å². The van der Waals surface area contributed by atoms with Crippen molar-refractivity contribution in [2.75, 3.05) is 17.7 Å². The van der Waals surface area contributed by atoms with Gasteiger partial charge in [0.05, 0.1) is 19.0 Å². The van der Waals surface area contributed by atoms with Crippen molar-refractivity contribution in [1.29, 1.82) is 0 Å². The number of nitrogens with zero attached hydrogens (tertiary/aromatic N) is 1. The van der Waals surface area contributed by atoms with E-state index in [0.29, 0.717) is 29.2 Å². The Hall–Kier alpha value is -2.89. The first-order valence-corrected chi connectivity index (χ1v) is 7.33. The van der Waals surface area contributed by atoms with Crippen molar-refractivity contribution in [2.45, 2.75) is 19.8 Å². The van der Waals surface area contributed by atoms with Crippen molar-refractivity contribution in [3.05, 3.63) is 48.2 Å².